The summed E-state index contributed by atoms with van der Waals surface area (Å²) in [4.78, 5) is 7.11. The molecule has 1 N–H and O–H groups in total. The highest BCUT2D eigenvalue weighted by Gasteiger charge is 2.16. The van der Waals surface area contributed by atoms with Gasteiger partial charge in [0.05, 0.1) is 0 Å². The van der Waals surface area contributed by atoms with Crippen LogP contribution < -0.4 is 4.74 Å². The van der Waals surface area contributed by atoms with Crippen LogP contribution in [0.25, 0.3) is 11.1 Å². The third-order valence-corrected chi connectivity index (χ3v) is 6.36. The van der Waals surface area contributed by atoms with Gasteiger partial charge in [-0.1, -0.05) is 56.3 Å². The highest BCUT2D eigenvalue weighted by Crippen LogP contribution is 2.35. The van der Waals surface area contributed by atoms with Crippen molar-refractivity contribution in [2.24, 2.45) is 5.92 Å². The van der Waals surface area contributed by atoms with Crippen molar-refractivity contribution in [1.82, 2.24) is 9.88 Å². The molecule has 3 aromatic rings. The number of aromatic hydroxyl groups is 1. The largest absolute Gasteiger partial charge is 0.508 e. The molecule has 2 aromatic carbocycles. The molecule has 4 heteroatoms. The van der Waals surface area contributed by atoms with Gasteiger partial charge in [-0.25, -0.2) is 4.98 Å². The molecule has 1 aromatic heterocycles. The monoisotopic (exact) mass is 442 g/mol. The Bertz CT molecular complexity index is 1040. The van der Waals surface area contributed by atoms with Gasteiger partial charge in [-0.3, -0.25) is 4.90 Å². The number of piperidine rings is 1. The van der Waals surface area contributed by atoms with E-state index in [9.17, 15) is 5.11 Å². The standard InChI is InChI=1S/C29H34N2O2/c1-3-27(23-9-5-4-6-10-23)29(24-11-14-26(32)15-12-24)25-13-16-28(30-20-25)33-19-18-31-17-7-8-22(2)21-31/h4-6,9-16,20,22,32H,3,7-8,17-19,21H2,1-2H3/b29-27-/t22-/m1/s1. The molecule has 0 aliphatic carbocycles. The Morgan fingerprint density at radius 2 is 1.76 bits per heavy atom. The van der Waals surface area contributed by atoms with Crippen molar-refractivity contribution in [3.63, 3.8) is 0 Å². The van der Waals surface area contributed by atoms with Crippen LogP contribution in [0.4, 0.5) is 0 Å². The lowest BCUT2D eigenvalue weighted by Crippen LogP contribution is -2.37. The summed E-state index contributed by atoms with van der Waals surface area (Å²) in [7, 11) is 0. The zero-order chi connectivity index (χ0) is 23.0. The summed E-state index contributed by atoms with van der Waals surface area (Å²) < 4.78 is 5.97. The number of phenols is 1. The van der Waals surface area contributed by atoms with Crippen LogP contribution >= 0.6 is 0 Å². The van der Waals surface area contributed by atoms with E-state index in [4.69, 9.17) is 4.74 Å². The molecule has 0 radical (unpaired) electrons. The van der Waals surface area contributed by atoms with E-state index in [-0.39, 0.29) is 5.75 Å². The maximum atomic E-state index is 9.80. The number of hydrogen-bond donors (Lipinski definition) is 1. The molecular formula is C29H34N2O2. The summed E-state index contributed by atoms with van der Waals surface area (Å²) in [6, 6.07) is 21.9. The van der Waals surface area contributed by atoms with E-state index in [1.807, 2.05) is 30.5 Å². The van der Waals surface area contributed by atoms with Crippen LogP contribution in [-0.2, 0) is 0 Å². The molecule has 172 valence electrons. The number of likely N-dealkylation sites (tertiary alicyclic amines) is 1. The van der Waals surface area contributed by atoms with Crippen LogP contribution in [0.15, 0.2) is 72.9 Å². The molecule has 0 bridgehead atoms. The Kier molecular flexibility index (Phi) is 7.79. The zero-order valence-corrected chi connectivity index (χ0v) is 19.7. The molecule has 1 saturated heterocycles. The second-order valence-corrected chi connectivity index (χ2v) is 8.90. The number of allylic oxidation sites excluding steroid dienone is 1. The normalized spacial score (nSPS) is 17.5. The van der Waals surface area contributed by atoms with Crippen LogP contribution in [-0.4, -0.2) is 41.2 Å². The zero-order valence-electron chi connectivity index (χ0n) is 19.7. The molecule has 0 unspecified atom stereocenters. The van der Waals surface area contributed by atoms with Crippen molar-refractivity contribution < 1.29 is 9.84 Å². The molecule has 1 fully saturated rings. The smallest absolute Gasteiger partial charge is 0.213 e. The Morgan fingerprint density at radius 3 is 2.42 bits per heavy atom. The van der Waals surface area contributed by atoms with E-state index in [0.29, 0.717) is 12.5 Å². The van der Waals surface area contributed by atoms with Gasteiger partial charge in [0, 0.05) is 30.9 Å². The Balaban J connectivity index is 1.56. The van der Waals surface area contributed by atoms with Gasteiger partial charge in [0.2, 0.25) is 5.88 Å². The number of nitrogens with zero attached hydrogens (tertiary/aromatic N) is 2. The number of hydrogen-bond acceptors (Lipinski definition) is 4. The van der Waals surface area contributed by atoms with E-state index >= 15 is 0 Å². The highest BCUT2D eigenvalue weighted by atomic mass is 16.5. The Hall–Kier alpha value is -3.11. The quantitative estimate of drug-likeness (QED) is 0.418. The van der Waals surface area contributed by atoms with Gasteiger partial charge in [0.15, 0.2) is 0 Å². The lowest BCUT2D eigenvalue weighted by atomic mass is 9.89. The molecule has 1 aliphatic heterocycles. The minimum atomic E-state index is 0.265. The van der Waals surface area contributed by atoms with E-state index < -0.39 is 0 Å². The fourth-order valence-corrected chi connectivity index (χ4v) is 4.69. The molecule has 1 aliphatic rings. The number of aromatic nitrogens is 1. The molecule has 33 heavy (non-hydrogen) atoms. The van der Waals surface area contributed by atoms with Gasteiger partial charge in [-0.15, -0.1) is 0 Å². The molecule has 2 heterocycles. The van der Waals surface area contributed by atoms with Crippen LogP contribution in [0.2, 0.25) is 0 Å². The third-order valence-electron chi connectivity index (χ3n) is 6.36. The van der Waals surface area contributed by atoms with Crippen LogP contribution in [0.3, 0.4) is 0 Å². The summed E-state index contributed by atoms with van der Waals surface area (Å²) in [5.41, 5.74) is 5.67. The highest BCUT2D eigenvalue weighted by molar-refractivity contribution is 5.98. The second kappa shape index (κ2) is 11.2. The minimum Gasteiger partial charge on any atom is -0.508 e. The first-order valence-electron chi connectivity index (χ1n) is 12.0. The topological polar surface area (TPSA) is 45.6 Å². The second-order valence-electron chi connectivity index (χ2n) is 8.90. The molecule has 1 atom stereocenters. The van der Waals surface area contributed by atoms with Gasteiger partial charge < -0.3 is 9.84 Å². The number of ether oxygens (including phenoxy) is 1. The van der Waals surface area contributed by atoms with Gasteiger partial charge in [-0.2, -0.15) is 0 Å². The average Bonchev–Trinajstić information content (AvgIpc) is 2.84. The van der Waals surface area contributed by atoms with Crippen molar-refractivity contribution in [2.45, 2.75) is 33.1 Å². The van der Waals surface area contributed by atoms with Crippen LogP contribution in [0.5, 0.6) is 11.6 Å². The molecule has 0 saturated carbocycles. The summed E-state index contributed by atoms with van der Waals surface area (Å²) in [6.45, 7) is 8.43. The fourth-order valence-electron chi connectivity index (χ4n) is 4.69. The predicted octanol–water partition coefficient (Wildman–Crippen LogP) is 6.27. The van der Waals surface area contributed by atoms with Crippen LogP contribution in [0.1, 0.15) is 49.8 Å². The Labute approximate surface area is 197 Å². The fraction of sp³-hybridized carbons (Fsp3) is 0.345. The van der Waals surface area contributed by atoms with Crippen molar-refractivity contribution in [3.8, 4) is 11.6 Å². The summed E-state index contributed by atoms with van der Waals surface area (Å²) >= 11 is 0. The van der Waals surface area contributed by atoms with Crippen molar-refractivity contribution in [2.75, 3.05) is 26.2 Å². The van der Waals surface area contributed by atoms with Crippen molar-refractivity contribution >= 4 is 11.1 Å². The molecule has 0 spiro atoms. The van der Waals surface area contributed by atoms with Gasteiger partial charge in [0.1, 0.15) is 12.4 Å². The summed E-state index contributed by atoms with van der Waals surface area (Å²) in [6.07, 6.45) is 5.40. The first kappa shape index (κ1) is 23.1. The van der Waals surface area contributed by atoms with Crippen molar-refractivity contribution in [3.05, 3.63) is 89.6 Å². The molecule has 0 amide bonds. The van der Waals surface area contributed by atoms with E-state index in [0.717, 1.165) is 42.1 Å². The first-order valence-corrected chi connectivity index (χ1v) is 12.0. The SMILES string of the molecule is CC/C(=C(\c1ccc(O)cc1)c1ccc(OCCN2CCC[C@@H](C)C2)nc1)c1ccccc1. The molecule has 4 rings (SSSR count). The maximum Gasteiger partial charge on any atom is 0.213 e. The minimum absolute atomic E-state index is 0.265. The number of phenolic OH excluding ortho intramolecular Hbond substituents is 1. The summed E-state index contributed by atoms with van der Waals surface area (Å²) in [5, 5.41) is 9.80. The van der Waals surface area contributed by atoms with Gasteiger partial charge in [-0.05, 0) is 72.2 Å². The summed E-state index contributed by atoms with van der Waals surface area (Å²) in [5.74, 6) is 1.70. The van der Waals surface area contributed by atoms with E-state index in [1.165, 1.54) is 30.5 Å². The third kappa shape index (κ3) is 6.02. The first-order chi connectivity index (χ1) is 16.1. The molecule has 4 nitrogen and oxygen atoms in total. The Morgan fingerprint density at radius 1 is 1.00 bits per heavy atom. The molecular weight excluding hydrogens is 408 g/mol. The maximum absolute atomic E-state index is 9.80. The van der Waals surface area contributed by atoms with Crippen LogP contribution in [0, 0.1) is 5.92 Å². The number of pyridine rings is 1. The van der Waals surface area contributed by atoms with E-state index in [2.05, 4.69) is 54.1 Å². The number of rotatable bonds is 8. The average molecular weight is 443 g/mol. The van der Waals surface area contributed by atoms with Crippen molar-refractivity contribution in [1.29, 1.82) is 0 Å². The predicted molar refractivity (Wildman–Crippen MR) is 135 cm³/mol. The van der Waals surface area contributed by atoms with Gasteiger partial charge in [0.25, 0.3) is 0 Å². The van der Waals surface area contributed by atoms with E-state index in [1.54, 1.807) is 12.1 Å². The number of benzene rings is 2. The lowest BCUT2D eigenvalue weighted by Gasteiger charge is -2.30. The lowest BCUT2D eigenvalue weighted by molar-refractivity contribution is 0.152. The van der Waals surface area contributed by atoms with Gasteiger partial charge >= 0.3 is 0 Å².